The average molecular weight is 466 g/mol. The van der Waals surface area contributed by atoms with Crippen LogP contribution in [-0.4, -0.2) is 55.2 Å². The van der Waals surface area contributed by atoms with E-state index in [1.165, 1.54) is 16.7 Å². The summed E-state index contributed by atoms with van der Waals surface area (Å²) in [5, 5.41) is 3.63. The number of nitrogens with zero attached hydrogens (tertiary/aromatic N) is 2. The summed E-state index contributed by atoms with van der Waals surface area (Å²) >= 11 is 0. The van der Waals surface area contributed by atoms with Crippen LogP contribution in [0.4, 0.5) is 0 Å². The van der Waals surface area contributed by atoms with Crippen molar-refractivity contribution in [2.24, 2.45) is 11.8 Å². The first kappa shape index (κ1) is 24.7. The Hall–Kier alpha value is -2.44. The van der Waals surface area contributed by atoms with Crippen LogP contribution >= 0.6 is 0 Å². The second-order valence-electron chi connectivity index (χ2n) is 10.2. The van der Waals surface area contributed by atoms with Crippen molar-refractivity contribution in [3.05, 3.63) is 58.9 Å². The van der Waals surface area contributed by atoms with Crippen molar-refractivity contribution < 1.29 is 14.3 Å². The summed E-state index contributed by atoms with van der Waals surface area (Å²) in [4.78, 5) is 19.3. The first-order chi connectivity index (χ1) is 16.5. The Bertz CT molecular complexity index is 938. The van der Waals surface area contributed by atoms with Gasteiger partial charge in [-0.3, -0.25) is 4.79 Å². The molecule has 0 spiro atoms. The molecule has 2 aliphatic rings. The number of aromatic nitrogens is 1. The van der Waals surface area contributed by atoms with Crippen LogP contribution in [0, 0.1) is 11.8 Å². The Morgan fingerprint density at radius 1 is 1.18 bits per heavy atom. The summed E-state index contributed by atoms with van der Waals surface area (Å²) < 4.78 is 11.1. The maximum Gasteiger partial charge on any atom is 0.272 e. The summed E-state index contributed by atoms with van der Waals surface area (Å²) in [5.74, 6) is 1.86. The molecule has 0 unspecified atom stereocenters. The molecule has 184 valence electrons. The number of hydrogen-bond donors (Lipinski definition) is 1. The van der Waals surface area contributed by atoms with Crippen LogP contribution in [0.3, 0.4) is 0 Å². The van der Waals surface area contributed by atoms with Gasteiger partial charge in [-0.15, -0.1) is 0 Å². The number of carbonyl (C=O) groups excluding carboxylic acids is 1. The average Bonchev–Trinajstić information content (AvgIpc) is 2.87. The van der Waals surface area contributed by atoms with Crippen LogP contribution in [0.15, 0.2) is 36.5 Å². The highest BCUT2D eigenvalue weighted by atomic mass is 16.5. The molecule has 2 aromatic rings. The van der Waals surface area contributed by atoms with Crippen molar-refractivity contribution in [3.63, 3.8) is 0 Å². The number of rotatable bonds is 9. The second-order valence-corrected chi connectivity index (χ2v) is 10.2. The van der Waals surface area contributed by atoms with Crippen LogP contribution < -0.4 is 10.1 Å². The number of hydrogen-bond acceptors (Lipinski definition) is 5. The molecule has 0 saturated carbocycles. The zero-order valence-corrected chi connectivity index (χ0v) is 20.9. The summed E-state index contributed by atoms with van der Waals surface area (Å²) in [6.45, 7) is 8.63. The number of ether oxygens (including phenoxy) is 2. The van der Waals surface area contributed by atoms with Crippen LogP contribution in [0.5, 0.6) is 5.75 Å². The van der Waals surface area contributed by atoms with E-state index in [0.29, 0.717) is 24.0 Å². The Labute approximate surface area is 204 Å². The van der Waals surface area contributed by atoms with Gasteiger partial charge in [-0.2, -0.15) is 0 Å². The molecule has 0 bridgehead atoms. The SMILES string of the molecule is CC(C)COc1ccc(C(=O)N(C)[C@H]2CCc3cc(CNCC4CCOCC4)ccc3C2)nc1. The minimum atomic E-state index is -0.0298. The van der Waals surface area contributed by atoms with E-state index in [4.69, 9.17) is 9.47 Å². The van der Waals surface area contributed by atoms with Crippen molar-refractivity contribution in [2.75, 3.05) is 33.4 Å². The predicted molar refractivity (Wildman–Crippen MR) is 134 cm³/mol. The zero-order chi connectivity index (χ0) is 23.9. The van der Waals surface area contributed by atoms with Crippen LogP contribution in [0.2, 0.25) is 0 Å². The molecule has 1 aromatic heterocycles. The van der Waals surface area contributed by atoms with Gasteiger partial charge in [0.2, 0.25) is 0 Å². The third-order valence-corrected chi connectivity index (χ3v) is 6.98. The highest BCUT2D eigenvalue weighted by molar-refractivity contribution is 5.92. The lowest BCUT2D eigenvalue weighted by Gasteiger charge is -2.32. The Balaban J connectivity index is 1.29. The Morgan fingerprint density at radius 2 is 2.00 bits per heavy atom. The quantitative estimate of drug-likeness (QED) is 0.599. The lowest BCUT2D eigenvalue weighted by atomic mass is 9.86. The Kier molecular flexibility index (Phi) is 8.57. The lowest BCUT2D eigenvalue weighted by Crippen LogP contribution is -2.41. The predicted octanol–water partition coefficient (Wildman–Crippen LogP) is 4.26. The van der Waals surface area contributed by atoms with Gasteiger partial charge in [-0.05, 0) is 79.3 Å². The first-order valence-corrected chi connectivity index (χ1v) is 12.7. The molecule has 0 radical (unpaired) electrons. The topological polar surface area (TPSA) is 63.7 Å². The smallest absolute Gasteiger partial charge is 0.272 e. The fourth-order valence-electron chi connectivity index (χ4n) is 4.80. The van der Waals surface area contributed by atoms with Crippen molar-refractivity contribution in [1.82, 2.24) is 15.2 Å². The fraction of sp³-hybridized carbons (Fsp3) is 0.571. The molecule has 1 atom stereocenters. The monoisotopic (exact) mass is 465 g/mol. The number of carbonyl (C=O) groups is 1. The summed E-state index contributed by atoms with van der Waals surface area (Å²) in [6, 6.07) is 10.6. The van der Waals surface area contributed by atoms with Gasteiger partial charge in [0.15, 0.2) is 0 Å². The van der Waals surface area contributed by atoms with Gasteiger partial charge >= 0.3 is 0 Å². The molecule has 6 heteroatoms. The fourth-order valence-corrected chi connectivity index (χ4v) is 4.80. The molecule has 1 aromatic carbocycles. The highest BCUT2D eigenvalue weighted by Crippen LogP contribution is 2.26. The second kappa shape index (κ2) is 11.8. The van der Waals surface area contributed by atoms with E-state index in [9.17, 15) is 4.79 Å². The first-order valence-electron chi connectivity index (χ1n) is 12.7. The third kappa shape index (κ3) is 6.57. The van der Waals surface area contributed by atoms with Gasteiger partial charge in [0.05, 0.1) is 12.8 Å². The molecule has 6 nitrogen and oxygen atoms in total. The highest BCUT2D eigenvalue weighted by Gasteiger charge is 2.26. The van der Waals surface area contributed by atoms with Crippen LogP contribution in [-0.2, 0) is 24.1 Å². The number of pyridine rings is 1. The normalized spacial score (nSPS) is 18.5. The minimum absolute atomic E-state index is 0.0298. The third-order valence-electron chi connectivity index (χ3n) is 6.98. The number of amides is 1. The molecule has 1 N–H and O–H groups in total. The molecule has 34 heavy (non-hydrogen) atoms. The molecular formula is C28H39N3O3. The van der Waals surface area contributed by atoms with Crippen molar-refractivity contribution in [3.8, 4) is 5.75 Å². The summed E-state index contributed by atoms with van der Waals surface area (Å²) in [5.41, 5.74) is 4.59. The van der Waals surface area contributed by atoms with Gasteiger partial charge in [0, 0.05) is 32.8 Å². The number of nitrogens with one attached hydrogen (secondary N) is 1. The van der Waals surface area contributed by atoms with E-state index >= 15 is 0 Å². The molecule has 1 amide bonds. The molecule has 4 rings (SSSR count). The number of benzene rings is 1. The van der Waals surface area contributed by atoms with Gasteiger partial charge in [0.25, 0.3) is 5.91 Å². The minimum Gasteiger partial charge on any atom is -0.492 e. The summed E-state index contributed by atoms with van der Waals surface area (Å²) in [6.07, 6.45) is 6.84. The zero-order valence-electron chi connectivity index (χ0n) is 20.9. The molecule has 1 fully saturated rings. The Morgan fingerprint density at radius 3 is 2.74 bits per heavy atom. The largest absolute Gasteiger partial charge is 0.492 e. The van der Waals surface area contributed by atoms with Gasteiger partial charge in [-0.1, -0.05) is 32.0 Å². The van der Waals surface area contributed by atoms with Gasteiger partial charge in [-0.25, -0.2) is 4.98 Å². The van der Waals surface area contributed by atoms with Gasteiger partial charge in [0.1, 0.15) is 11.4 Å². The lowest BCUT2D eigenvalue weighted by molar-refractivity contribution is 0.0662. The molecule has 1 aliphatic heterocycles. The van der Waals surface area contributed by atoms with E-state index < -0.39 is 0 Å². The van der Waals surface area contributed by atoms with Gasteiger partial charge < -0.3 is 19.7 Å². The standard InChI is InChI=1S/C28H39N3O3/c1-20(2)19-34-26-8-9-27(30-18-26)28(32)31(3)25-7-6-23-14-22(4-5-24(23)15-25)17-29-16-21-10-12-33-13-11-21/h4-5,8-9,14,18,20-21,25,29H,6-7,10-13,15-17,19H2,1-3H3/t25-/m0/s1. The number of fused-ring (bicyclic) bond motifs is 1. The number of likely N-dealkylation sites (N-methyl/N-ethyl adjacent to an activating group) is 1. The number of aryl methyl sites for hydroxylation is 1. The van der Waals surface area contributed by atoms with Crippen molar-refractivity contribution in [2.45, 2.75) is 58.5 Å². The van der Waals surface area contributed by atoms with Crippen LogP contribution in [0.1, 0.15) is 60.3 Å². The molecular weight excluding hydrogens is 426 g/mol. The molecule has 2 heterocycles. The van der Waals surface area contributed by atoms with E-state index in [-0.39, 0.29) is 11.9 Å². The van der Waals surface area contributed by atoms with E-state index in [1.807, 2.05) is 18.0 Å². The van der Waals surface area contributed by atoms with E-state index in [1.54, 1.807) is 12.3 Å². The van der Waals surface area contributed by atoms with Crippen molar-refractivity contribution >= 4 is 5.91 Å². The van der Waals surface area contributed by atoms with Crippen LogP contribution in [0.25, 0.3) is 0 Å². The van der Waals surface area contributed by atoms with Crippen molar-refractivity contribution in [1.29, 1.82) is 0 Å². The molecule has 1 saturated heterocycles. The maximum atomic E-state index is 13.0. The summed E-state index contributed by atoms with van der Waals surface area (Å²) in [7, 11) is 1.90. The van der Waals surface area contributed by atoms with E-state index in [2.05, 4.69) is 42.3 Å². The maximum absolute atomic E-state index is 13.0. The molecule has 1 aliphatic carbocycles. The van der Waals surface area contributed by atoms with E-state index in [0.717, 1.165) is 64.3 Å².